The summed E-state index contributed by atoms with van der Waals surface area (Å²) in [6.07, 6.45) is 0.0109. The molecule has 23 heavy (non-hydrogen) atoms. The van der Waals surface area contributed by atoms with Crippen LogP contribution in [0.1, 0.15) is 18.5 Å². The van der Waals surface area contributed by atoms with Crippen LogP contribution in [0.4, 0.5) is 0 Å². The van der Waals surface area contributed by atoms with E-state index in [0.717, 1.165) is 5.56 Å². The maximum absolute atomic E-state index is 11.8. The highest BCUT2D eigenvalue weighted by Crippen LogP contribution is 2.30. The van der Waals surface area contributed by atoms with Crippen LogP contribution in [0.25, 0.3) is 10.6 Å². The Kier molecular flexibility index (Phi) is 4.40. The van der Waals surface area contributed by atoms with E-state index in [1.54, 1.807) is 11.4 Å². The number of carbonyl (C=O) groups is 3. The number of aromatic nitrogens is 1. The molecule has 2 aromatic rings. The van der Waals surface area contributed by atoms with Crippen molar-refractivity contribution in [1.29, 1.82) is 0 Å². The number of hydroxylamine groups is 2. The van der Waals surface area contributed by atoms with E-state index < -0.39 is 17.8 Å². The molecule has 0 aliphatic carbocycles. The topological polar surface area (TPSA) is 76.6 Å². The molecular weight excluding hydrogens is 340 g/mol. The lowest BCUT2D eigenvalue weighted by Crippen LogP contribution is -2.32. The van der Waals surface area contributed by atoms with Crippen LogP contribution in [0.15, 0.2) is 29.6 Å². The van der Waals surface area contributed by atoms with E-state index in [4.69, 9.17) is 16.4 Å². The number of amides is 2. The molecule has 3 rings (SSSR count). The van der Waals surface area contributed by atoms with Crippen LogP contribution in [-0.2, 0) is 25.6 Å². The van der Waals surface area contributed by atoms with Crippen LogP contribution < -0.4 is 0 Å². The summed E-state index contributed by atoms with van der Waals surface area (Å²) in [5, 5.41) is 3.51. The fourth-order valence-electron chi connectivity index (χ4n) is 2.09. The van der Waals surface area contributed by atoms with E-state index >= 15 is 0 Å². The number of rotatable bonds is 4. The number of nitrogens with zero attached hydrogens (tertiary/aromatic N) is 2. The molecule has 2 heterocycles. The van der Waals surface area contributed by atoms with E-state index in [1.165, 1.54) is 11.3 Å². The molecule has 0 atom stereocenters. The average molecular weight is 351 g/mol. The minimum atomic E-state index is -0.704. The minimum absolute atomic E-state index is 0.0689. The molecule has 118 valence electrons. The number of hydrogen-bond donors (Lipinski definition) is 0. The second kappa shape index (κ2) is 6.47. The molecule has 0 N–H and O–H groups in total. The first-order valence-corrected chi connectivity index (χ1v) is 8.06. The number of halogens is 1. The Bertz CT molecular complexity index is 773. The summed E-state index contributed by atoms with van der Waals surface area (Å²) >= 11 is 7.46. The fourth-order valence-corrected chi connectivity index (χ4v) is 3.23. The van der Waals surface area contributed by atoms with Gasteiger partial charge in [-0.2, -0.15) is 0 Å². The zero-order valence-corrected chi connectivity index (χ0v) is 13.4. The molecule has 0 radical (unpaired) electrons. The summed E-state index contributed by atoms with van der Waals surface area (Å²) in [5.74, 6) is -1.71. The predicted octanol–water partition coefficient (Wildman–Crippen LogP) is 2.61. The summed E-state index contributed by atoms with van der Waals surface area (Å²) in [6.45, 7) is 0. The molecule has 0 bridgehead atoms. The molecule has 1 fully saturated rings. The second-order valence-electron chi connectivity index (χ2n) is 4.85. The van der Waals surface area contributed by atoms with Gasteiger partial charge in [-0.15, -0.1) is 16.4 Å². The van der Waals surface area contributed by atoms with Crippen LogP contribution in [0.2, 0.25) is 5.02 Å². The highest BCUT2D eigenvalue weighted by Gasteiger charge is 2.32. The third-order valence-corrected chi connectivity index (χ3v) is 4.43. The van der Waals surface area contributed by atoms with Gasteiger partial charge >= 0.3 is 5.97 Å². The Labute approximate surface area is 140 Å². The first kappa shape index (κ1) is 15.6. The molecule has 1 aromatic carbocycles. The third kappa shape index (κ3) is 3.40. The molecular formula is C15H11ClN2O4S. The zero-order valence-electron chi connectivity index (χ0n) is 11.8. The van der Waals surface area contributed by atoms with Crippen molar-refractivity contribution in [3.05, 3.63) is 40.4 Å². The molecule has 0 spiro atoms. The lowest BCUT2D eigenvalue weighted by molar-refractivity contribution is -0.197. The SMILES string of the molecule is O=C(Cc1csc(-c2ccccc2Cl)n1)ON1C(=O)CCC1=O. The number of imide groups is 1. The Hall–Kier alpha value is -2.25. The van der Waals surface area contributed by atoms with E-state index in [-0.39, 0.29) is 19.3 Å². The van der Waals surface area contributed by atoms with Crippen molar-refractivity contribution < 1.29 is 19.2 Å². The van der Waals surface area contributed by atoms with Crippen LogP contribution in [0.3, 0.4) is 0 Å². The highest BCUT2D eigenvalue weighted by molar-refractivity contribution is 7.13. The molecule has 1 aliphatic heterocycles. The van der Waals surface area contributed by atoms with E-state index in [2.05, 4.69) is 4.98 Å². The van der Waals surface area contributed by atoms with Gasteiger partial charge in [0.15, 0.2) is 0 Å². The van der Waals surface area contributed by atoms with Gasteiger partial charge in [-0.3, -0.25) is 9.59 Å². The minimum Gasteiger partial charge on any atom is -0.330 e. The molecule has 0 unspecified atom stereocenters. The molecule has 8 heteroatoms. The maximum atomic E-state index is 11.8. The number of carbonyl (C=O) groups excluding carboxylic acids is 3. The molecule has 6 nitrogen and oxygen atoms in total. The molecule has 2 amide bonds. The van der Waals surface area contributed by atoms with Gasteiger partial charge in [-0.1, -0.05) is 29.8 Å². The number of hydrogen-bond acceptors (Lipinski definition) is 6. The van der Waals surface area contributed by atoms with Gasteiger partial charge in [0.05, 0.1) is 17.1 Å². The van der Waals surface area contributed by atoms with Crippen molar-refractivity contribution in [2.24, 2.45) is 0 Å². The Morgan fingerprint density at radius 1 is 1.26 bits per heavy atom. The Balaban J connectivity index is 1.67. The van der Waals surface area contributed by atoms with Gasteiger partial charge in [0.2, 0.25) is 0 Å². The summed E-state index contributed by atoms with van der Waals surface area (Å²) in [5.41, 5.74) is 1.28. The lowest BCUT2D eigenvalue weighted by Gasteiger charge is -2.11. The largest absolute Gasteiger partial charge is 0.339 e. The Morgan fingerprint density at radius 3 is 2.65 bits per heavy atom. The normalized spacial score (nSPS) is 14.4. The van der Waals surface area contributed by atoms with E-state index in [9.17, 15) is 14.4 Å². The molecule has 1 aliphatic rings. The summed E-state index contributed by atoms with van der Waals surface area (Å²) < 4.78 is 0. The molecule has 1 saturated heterocycles. The lowest BCUT2D eigenvalue weighted by atomic mass is 10.2. The van der Waals surface area contributed by atoms with Gasteiger partial charge < -0.3 is 4.84 Å². The standard InChI is InChI=1S/C15H11ClN2O4S/c16-11-4-2-1-3-10(11)15-17-9(8-23-15)7-14(21)22-18-12(19)5-6-13(18)20/h1-4,8H,5-7H2. The molecule has 0 saturated carbocycles. The van der Waals surface area contributed by atoms with Crippen molar-refractivity contribution in [3.63, 3.8) is 0 Å². The van der Waals surface area contributed by atoms with Crippen LogP contribution in [0, 0.1) is 0 Å². The van der Waals surface area contributed by atoms with Gasteiger partial charge in [-0.25, -0.2) is 9.78 Å². The number of thiazole rings is 1. The van der Waals surface area contributed by atoms with Crippen molar-refractivity contribution >= 4 is 40.7 Å². The quantitative estimate of drug-likeness (QED) is 0.792. The average Bonchev–Trinajstić information content (AvgIpc) is 3.09. The van der Waals surface area contributed by atoms with Gasteiger partial charge in [-0.05, 0) is 6.07 Å². The highest BCUT2D eigenvalue weighted by atomic mass is 35.5. The second-order valence-corrected chi connectivity index (χ2v) is 6.11. The number of benzene rings is 1. The van der Waals surface area contributed by atoms with Crippen LogP contribution >= 0.6 is 22.9 Å². The first-order valence-electron chi connectivity index (χ1n) is 6.80. The van der Waals surface area contributed by atoms with E-state index in [1.807, 2.05) is 18.2 Å². The van der Waals surface area contributed by atoms with Crippen molar-refractivity contribution in [2.45, 2.75) is 19.3 Å². The monoisotopic (exact) mass is 350 g/mol. The third-order valence-electron chi connectivity index (χ3n) is 3.18. The van der Waals surface area contributed by atoms with Gasteiger partial charge in [0.25, 0.3) is 11.8 Å². The van der Waals surface area contributed by atoms with Gasteiger partial charge in [0, 0.05) is 23.8 Å². The smallest absolute Gasteiger partial charge is 0.330 e. The summed E-state index contributed by atoms with van der Waals surface area (Å²) in [7, 11) is 0. The Morgan fingerprint density at radius 2 is 1.96 bits per heavy atom. The van der Waals surface area contributed by atoms with Crippen molar-refractivity contribution in [1.82, 2.24) is 10.0 Å². The fraction of sp³-hybridized carbons (Fsp3) is 0.200. The van der Waals surface area contributed by atoms with Gasteiger partial charge in [0.1, 0.15) is 5.01 Å². The van der Waals surface area contributed by atoms with Crippen molar-refractivity contribution in [3.8, 4) is 10.6 Å². The zero-order chi connectivity index (χ0) is 16.4. The molecule has 1 aromatic heterocycles. The van der Waals surface area contributed by atoms with Crippen LogP contribution in [-0.4, -0.2) is 27.8 Å². The predicted molar refractivity (Wildman–Crippen MR) is 83.4 cm³/mol. The van der Waals surface area contributed by atoms with E-state index in [0.29, 0.717) is 20.8 Å². The maximum Gasteiger partial charge on any atom is 0.339 e. The summed E-state index contributed by atoms with van der Waals surface area (Å²) in [6, 6.07) is 7.27. The van der Waals surface area contributed by atoms with Crippen LogP contribution in [0.5, 0.6) is 0 Å². The van der Waals surface area contributed by atoms with Crippen molar-refractivity contribution in [2.75, 3.05) is 0 Å². The first-order chi connectivity index (χ1) is 11.0. The summed E-state index contributed by atoms with van der Waals surface area (Å²) in [4.78, 5) is 43.8.